The number of rotatable bonds is 3. The van der Waals surface area contributed by atoms with Crippen LogP contribution < -0.4 is 4.74 Å². The van der Waals surface area contributed by atoms with Gasteiger partial charge in [0.05, 0.1) is 10.9 Å². The molecule has 3 nitrogen and oxygen atoms in total. The third kappa shape index (κ3) is 2.92. The van der Waals surface area contributed by atoms with Crippen LogP contribution in [0, 0.1) is 0 Å². The van der Waals surface area contributed by atoms with Crippen molar-refractivity contribution in [2.75, 3.05) is 0 Å². The summed E-state index contributed by atoms with van der Waals surface area (Å²) in [7, 11) is 0. The number of benzene rings is 2. The first kappa shape index (κ1) is 13.7. The van der Waals surface area contributed by atoms with Crippen LogP contribution in [-0.4, -0.2) is 9.97 Å². The molecule has 0 aliphatic carbocycles. The van der Waals surface area contributed by atoms with E-state index in [0.29, 0.717) is 21.7 Å². The molecule has 106 valence electrons. The molecule has 0 saturated carbocycles. The van der Waals surface area contributed by atoms with Crippen molar-refractivity contribution in [1.29, 1.82) is 0 Å². The molecule has 0 unspecified atom stereocenters. The van der Waals surface area contributed by atoms with E-state index in [0.717, 1.165) is 0 Å². The average Bonchev–Trinajstić information content (AvgIpc) is 2.47. The normalized spacial score (nSPS) is 11.0. The van der Waals surface area contributed by atoms with E-state index in [2.05, 4.69) is 9.97 Å². The Kier molecular flexibility index (Phi) is 3.66. The van der Waals surface area contributed by atoms with Crippen LogP contribution in [0.1, 0.15) is 12.2 Å². The van der Waals surface area contributed by atoms with Crippen molar-refractivity contribution in [3.63, 3.8) is 0 Å². The van der Waals surface area contributed by atoms with Gasteiger partial charge in [-0.2, -0.15) is 4.98 Å². The van der Waals surface area contributed by atoms with Crippen molar-refractivity contribution in [1.82, 2.24) is 9.97 Å². The molecule has 0 spiro atoms. The summed E-state index contributed by atoms with van der Waals surface area (Å²) < 4.78 is 31.3. The van der Waals surface area contributed by atoms with Crippen LogP contribution in [0.15, 0.2) is 48.5 Å². The summed E-state index contributed by atoms with van der Waals surface area (Å²) in [6, 6.07) is 13.5. The van der Waals surface area contributed by atoms with Gasteiger partial charge >= 0.3 is 0 Å². The van der Waals surface area contributed by atoms with Crippen molar-refractivity contribution >= 4 is 22.5 Å². The zero-order valence-corrected chi connectivity index (χ0v) is 11.4. The SMILES string of the molecule is FC(F)c1nc(Oc2cccc(Cl)c2)c2ccccc2n1. The Hall–Kier alpha value is -2.27. The largest absolute Gasteiger partial charge is 0.438 e. The minimum atomic E-state index is -2.77. The van der Waals surface area contributed by atoms with Crippen molar-refractivity contribution < 1.29 is 13.5 Å². The Morgan fingerprint density at radius 2 is 1.81 bits per heavy atom. The molecule has 0 bridgehead atoms. The highest BCUT2D eigenvalue weighted by Gasteiger charge is 2.16. The van der Waals surface area contributed by atoms with E-state index in [1.54, 1.807) is 48.5 Å². The minimum absolute atomic E-state index is 0.0816. The second-order valence-corrected chi connectivity index (χ2v) is 4.70. The standard InChI is InChI=1S/C15H9ClF2N2O/c16-9-4-3-5-10(8-9)21-15-11-6-1-2-7-12(11)19-14(20-15)13(17)18/h1-8,13H. The quantitative estimate of drug-likeness (QED) is 0.682. The molecule has 0 amide bonds. The molecule has 3 rings (SSSR count). The van der Waals surface area contributed by atoms with Gasteiger partial charge in [0.25, 0.3) is 6.43 Å². The molecule has 2 aromatic carbocycles. The van der Waals surface area contributed by atoms with Crippen LogP contribution in [0.3, 0.4) is 0 Å². The molecule has 1 heterocycles. The van der Waals surface area contributed by atoms with E-state index >= 15 is 0 Å². The molecular weight excluding hydrogens is 298 g/mol. The van der Waals surface area contributed by atoms with Gasteiger partial charge in [-0.3, -0.25) is 0 Å². The molecule has 0 radical (unpaired) electrons. The molecule has 1 aromatic heterocycles. The minimum Gasteiger partial charge on any atom is -0.438 e. The van der Waals surface area contributed by atoms with Crippen LogP contribution in [0.4, 0.5) is 8.78 Å². The molecule has 0 aliphatic rings. The molecule has 6 heteroatoms. The van der Waals surface area contributed by atoms with Crippen LogP contribution in [-0.2, 0) is 0 Å². The number of fused-ring (bicyclic) bond motifs is 1. The smallest absolute Gasteiger partial charge is 0.297 e. The lowest BCUT2D eigenvalue weighted by Crippen LogP contribution is -1.99. The number of hydrogen-bond acceptors (Lipinski definition) is 3. The zero-order chi connectivity index (χ0) is 14.8. The first-order valence-corrected chi connectivity index (χ1v) is 6.49. The van der Waals surface area contributed by atoms with Gasteiger partial charge in [-0.1, -0.05) is 29.8 Å². The monoisotopic (exact) mass is 306 g/mol. The molecule has 0 atom stereocenters. The molecule has 21 heavy (non-hydrogen) atoms. The van der Waals surface area contributed by atoms with Gasteiger partial charge in [0.15, 0.2) is 5.82 Å². The van der Waals surface area contributed by atoms with Crippen LogP contribution in [0.5, 0.6) is 11.6 Å². The van der Waals surface area contributed by atoms with E-state index in [9.17, 15) is 8.78 Å². The van der Waals surface area contributed by atoms with Crippen molar-refractivity contribution in [2.45, 2.75) is 6.43 Å². The van der Waals surface area contributed by atoms with Gasteiger partial charge in [0.1, 0.15) is 5.75 Å². The zero-order valence-electron chi connectivity index (χ0n) is 10.6. The topological polar surface area (TPSA) is 35.0 Å². The molecule has 0 N–H and O–H groups in total. The van der Waals surface area contributed by atoms with Gasteiger partial charge < -0.3 is 4.74 Å². The lowest BCUT2D eigenvalue weighted by molar-refractivity contribution is 0.140. The lowest BCUT2D eigenvalue weighted by Gasteiger charge is -2.09. The van der Waals surface area contributed by atoms with Gasteiger partial charge in [-0.05, 0) is 30.3 Å². The van der Waals surface area contributed by atoms with Gasteiger partial charge in [-0.25, -0.2) is 13.8 Å². The number of aromatic nitrogens is 2. The second-order valence-electron chi connectivity index (χ2n) is 4.26. The van der Waals surface area contributed by atoms with E-state index in [-0.39, 0.29) is 5.88 Å². The third-order valence-electron chi connectivity index (χ3n) is 2.79. The maximum Gasteiger partial charge on any atom is 0.297 e. The van der Waals surface area contributed by atoms with Crippen LogP contribution >= 0.6 is 11.6 Å². The Labute approximate surface area is 124 Å². The fourth-order valence-corrected chi connectivity index (χ4v) is 2.06. The van der Waals surface area contributed by atoms with Crippen molar-refractivity contribution in [2.24, 2.45) is 0 Å². The second kappa shape index (κ2) is 5.61. The maximum atomic E-state index is 12.9. The Morgan fingerprint density at radius 3 is 2.57 bits per heavy atom. The fraction of sp³-hybridized carbons (Fsp3) is 0.0667. The van der Waals surface area contributed by atoms with E-state index in [1.807, 2.05) is 0 Å². The number of hydrogen-bond donors (Lipinski definition) is 0. The Balaban J connectivity index is 2.11. The number of para-hydroxylation sites is 1. The summed E-state index contributed by atoms with van der Waals surface area (Å²) >= 11 is 5.88. The predicted octanol–water partition coefficient (Wildman–Crippen LogP) is 5.01. The Morgan fingerprint density at radius 1 is 1.00 bits per heavy atom. The molecule has 0 aliphatic heterocycles. The van der Waals surface area contributed by atoms with Crippen molar-refractivity contribution in [3.8, 4) is 11.6 Å². The van der Waals surface area contributed by atoms with Crippen LogP contribution in [0.2, 0.25) is 5.02 Å². The molecule has 0 fully saturated rings. The predicted molar refractivity (Wildman–Crippen MR) is 76.0 cm³/mol. The molecular formula is C15H9ClF2N2O. The highest BCUT2D eigenvalue weighted by atomic mass is 35.5. The van der Waals surface area contributed by atoms with Crippen molar-refractivity contribution in [3.05, 3.63) is 59.4 Å². The van der Waals surface area contributed by atoms with Gasteiger partial charge in [0.2, 0.25) is 5.88 Å². The molecule has 0 saturated heterocycles. The lowest BCUT2D eigenvalue weighted by atomic mass is 10.2. The summed E-state index contributed by atoms with van der Waals surface area (Å²) in [5.41, 5.74) is 0.403. The summed E-state index contributed by atoms with van der Waals surface area (Å²) in [5.74, 6) is -0.0598. The number of halogens is 3. The summed E-state index contributed by atoms with van der Waals surface area (Å²) in [4.78, 5) is 7.63. The summed E-state index contributed by atoms with van der Waals surface area (Å²) in [6.45, 7) is 0. The number of ether oxygens (including phenoxy) is 1. The maximum absolute atomic E-state index is 12.9. The van der Waals surface area contributed by atoms with E-state index < -0.39 is 12.2 Å². The summed E-state index contributed by atoms with van der Waals surface area (Å²) in [5, 5.41) is 1.04. The highest BCUT2D eigenvalue weighted by Crippen LogP contribution is 2.30. The first-order valence-electron chi connectivity index (χ1n) is 6.12. The summed E-state index contributed by atoms with van der Waals surface area (Å²) in [6.07, 6.45) is -2.77. The number of alkyl halides is 2. The fourth-order valence-electron chi connectivity index (χ4n) is 1.88. The highest BCUT2D eigenvalue weighted by molar-refractivity contribution is 6.30. The van der Waals surface area contributed by atoms with Gasteiger partial charge in [0, 0.05) is 5.02 Å². The first-order chi connectivity index (χ1) is 10.1. The average molecular weight is 307 g/mol. The van der Waals surface area contributed by atoms with Crippen LogP contribution in [0.25, 0.3) is 10.9 Å². The molecule has 3 aromatic rings. The number of nitrogens with zero attached hydrogens (tertiary/aromatic N) is 2. The third-order valence-corrected chi connectivity index (χ3v) is 3.03. The van der Waals surface area contributed by atoms with E-state index in [4.69, 9.17) is 16.3 Å². The Bertz CT molecular complexity index is 795. The van der Waals surface area contributed by atoms with E-state index in [1.165, 1.54) is 0 Å². The van der Waals surface area contributed by atoms with Gasteiger partial charge in [-0.15, -0.1) is 0 Å².